The molecule has 0 heteroatoms. The monoisotopic (exact) mass is 839 g/mol. The van der Waals surface area contributed by atoms with Crippen LogP contribution >= 0.6 is 0 Å². The molecule has 11 aliphatic carbocycles. The average molecular weight is 840 g/mol. The molecule has 1 spiro atoms. The smallest absolute Gasteiger partial charge is 0.0268 e. The Kier molecular flexibility index (Phi) is 22.9. The van der Waals surface area contributed by atoms with E-state index in [1.165, 1.54) is 116 Å². The van der Waals surface area contributed by atoms with E-state index < -0.39 is 0 Å². The van der Waals surface area contributed by atoms with Gasteiger partial charge in [-0.1, -0.05) is 210 Å². The molecule has 11 rings (SSSR count). The van der Waals surface area contributed by atoms with Crippen molar-refractivity contribution >= 4 is 0 Å². The third-order valence-electron chi connectivity index (χ3n) is 20.0. The SMILES string of the molecule is CC1(C)CCC1.CC1C(C)C1C.CC1CC1(C)C.CC1CC[C@H]1C.CCC1(C)CC1.CCC1CC1C.CCC1CCC1.CCC1C[C@@H]1C.C[C@H]1CC1(C)C.C[C@H]1CC12CC2. The summed E-state index contributed by atoms with van der Waals surface area (Å²) in [6.45, 7) is 48.6. The largest absolute Gasteiger partial charge is 0.0651 e. The first-order valence-corrected chi connectivity index (χ1v) is 27.7. The lowest BCUT2D eigenvalue weighted by molar-refractivity contribution is 0.190. The molecule has 0 N–H and O–H groups in total. The van der Waals surface area contributed by atoms with Gasteiger partial charge in [-0.05, 0) is 175 Å². The van der Waals surface area contributed by atoms with Crippen LogP contribution in [0.3, 0.4) is 0 Å². The zero-order valence-corrected chi connectivity index (χ0v) is 45.9. The highest BCUT2D eigenvalue weighted by Gasteiger charge is 2.59. The first-order chi connectivity index (χ1) is 27.7. The molecular formula is C60H118. The highest BCUT2D eigenvalue weighted by molar-refractivity contribution is 5.10. The van der Waals surface area contributed by atoms with Gasteiger partial charge in [-0.2, -0.15) is 0 Å². The summed E-state index contributed by atoms with van der Waals surface area (Å²) in [4.78, 5) is 0. The molecule has 358 valence electrons. The zero-order valence-electron chi connectivity index (χ0n) is 45.9. The van der Waals surface area contributed by atoms with Crippen LogP contribution < -0.4 is 0 Å². The summed E-state index contributed by atoms with van der Waals surface area (Å²) in [6.07, 6.45) is 30.9. The number of hydrogen-bond donors (Lipinski definition) is 0. The first-order valence-electron chi connectivity index (χ1n) is 27.7. The van der Waals surface area contributed by atoms with Crippen molar-refractivity contribution in [2.75, 3.05) is 0 Å². The van der Waals surface area contributed by atoms with Gasteiger partial charge < -0.3 is 0 Å². The molecule has 9 atom stereocenters. The van der Waals surface area contributed by atoms with Crippen molar-refractivity contribution in [3.63, 3.8) is 0 Å². The summed E-state index contributed by atoms with van der Waals surface area (Å²) >= 11 is 0. The van der Waals surface area contributed by atoms with Gasteiger partial charge in [0.1, 0.15) is 0 Å². The van der Waals surface area contributed by atoms with Crippen molar-refractivity contribution in [2.24, 2.45) is 104 Å². The van der Waals surface area contributed by atoms with Crippen LogP contribution in [0, 0.1) is 104 Å². The molecule has 0 saturated heterocycles. The lowest BCUT2D eigenvalue weighted by Gasteiger charge is -2.33. The minimum absolute atomic E-state index is 0.708. The normalized spacial score (nSPS) is 39.1. The average Bonchev–Trinajstić information content (AvgIpc) is 3.92. The predicted molar refractivity (Wildman–Crippen MR) is 274 cm³/mol. The molecule has 0 aromatic rings. The maximum absolute atomic E-state index is 2.37. The molecule has 11 fully saturated rings. The summed E-state index contributed by atoms with van der Waals surface area (Å²) in [6, 6.07) is 0. The summed E-state index contributed by atoms with van der Waals surface area (Å²) in [5.41, 5.74) is 3.89. The third kappa shape index (κ3) is 22.8. The Bertz CT molecular complexity index is 1010. The second kappa shape index (κ2) is 24.5. The Balaban J connectivity index is 0.000000230. The van der Waals surface area contributed by atoms with Crippen LogP contribution in [-0.4, -0.2) is 0 Å². The molecular weight excluding hydrogens is 721 g/mol. The molecule has 0 aromatic heterocycles. The zero-order chi connectivity index (χ0) is 45.9. The molecule has 0 aromatic carbocycles. The van der Waals surface area contributed by atoms with Gasteiger partial charge in [0.15, 0.2) is 0 Å². The standard InChI is InChI=1S/C6H10.9C6H12/c1-5-4-6(5)2-3-6;2*1-5-4-6(5,2)3;1-6(2)4-3-5-6;1-5-3-4-6(5)2;1-4-5(2)6(4)3;1-3-6(2)4-5-6;2*1-3-6-4-5(6)2;1-2-6-4-3-5-6/h5H,2-4H2,1H3;2*5H,4H2,1-3H3;3-5H2,1-2H3;5-6H,3-4H2,1-2H3;4-6H,1-3H3;3-5H2,1-2H3;2*5-6H,3-4H2,1-2H3;6H,2-5H2,1H3/t2*5-;;;5-,6?;;;5-,6?;;/m00..1..0../s1. The third-order valence-corrected chi connectivity index (χ3v) is 20.0. The minimum Gasteiger partial charge on any atom is -0.0651 e. The summed E-state index contributed by atoms with van der Waals surface area (Å²) in [7, 11) is 0. The lowest BCUT2D eigenvalue weighted by Crippen LogP contribution is -2.20. The van der Waals surface area contributed by atoms with E-state index >= 15 is 0 Å². The van der Waals surface area contributed by atoms with Crippen molar-refractivity contribution in [3.8, 4) is 0 Å². The van der Waals surface area contributed by atoms with Gasteiger partial charge in [-0.15, -0.1) is 0 Å². The highest BCUT2D eigenvalue weighted by Crippen LogP contribution is 2.70. The minimum atomic E-state index is 0.708. The van der Waals surface area contributed by atoms with E-state index in [0.29, 0.717) is 10.8 Å². The van der Waals surface area contributed by atoms with Crippen LogP contribution in [0.1, 0.15) is 280 Å². The van der Waals surface area contributed by atoms with Crippen LogP contribution in [0.15, 0.2) is 0 Å². The maximum Gasteiger partial charge on any atom is -0.0268 e. The topological polar surface area (TPSA) is 0 Å². The maximum atomic E-state index is 2.37. The summed E-state index contributed by atoms with van der Waals surface area (Å²) in [5, 5.41) is 0. The Hall–Kier alpha value is 0. The molecule has 0 aliphatic heterocycles. The number of hydrogen-bond acceptors (Lipinski definition) is 0. The Labute approximate surface area is 382 Å². The van der Waals surface area contributed by atoms with Gasteiger partial charge in [0, 0.05) is 0 Å². The fourth-order valence-corrected chi connectivity index (χ4v) is 8.90. The quantitative estimate of drug-likeness (QED) is 0.265. The molecule has 0 amide bonds. The van der Waals surface area contributed by atoms with Gasteiger partial charge in [0.25, 0.3) is 0 Å². The van der Waals surface area contributed by atoms with E-state index in [4.69, 9.17) is 0 Å². The van der Waals surface area contributed by atoms with E-state index in [-0.39, 0.29) is 0 Å². The Morgan fingerprint density at radius 2 is 0.717 bits per heavy atom. The lowest BCUT2D eigenvalue weighted by atomic mass is 9.72. The van der Waals surface area contributed by atoms with Gasteiger partial charge in [0.05, 0.1) is 0 Å². The molecule has 11 saturated carbocycles. The van der Waals surface area contributed by atoms with E-state index in [9.17, 15) is 0 Å². The van der Waals surface area contributed by atoms with Crippen molar-refractivity contribution < 1.29 is 0 Å². The van der Waals surface area contributed by atoms with Crippen molar-refractivity contribution in [2.45, 2.75) is 280 Å². The van der Waals surface area contributed by atoms with E-state index in [1.54, 1.807) is 19.3 Å². The molecule has 0 radical (unpaired) electrons. The molecule has 0 heterocycles. The van der Waals surface area contributed by atoms with E-state index in [1.807, 2.05) is 0 Å². The first kappa shape index (κ1) is 56.1. The summed E-state index contributed by atoms with van der Waals surface area (Å²) < 4.78 is 0. The van der Waals surface area contributed by atoms with Gasteiger partial charge in [-0.3, -0.25) is 0 Å². The predicted octanol–water partition coefficient (Wildman–Crippen LogP) is 20.6. The molecule has 0 nitrogen and oxygen atoms in total. The van der Waals surface area contributed by atoms with Gasteiger partial charge >= 0.3 is 0 Å². The Morgan fingerprint density at radius 1 is 0.400 bits per heavy atom. The second-order valence-electron chi connectivity index (χ2n) is 26.9. The molecule has 60 heavy (non-hydrogen) atoms. The van der Waals surface area contributed by atoms with Crippen LogP contribution in [-0.2, 0) is 0 Å². The van der Waals surface area contributed by atoms with Crippen molar-refractivity contribution in [1.29, 1.82) is 0 Å². The van der Waals surface area contributed by atoms with E-state index in [2.05, 4.69) is 145 Å². The Morgan fingerprint density at radius 3 is 0.717 bits per heavy atom. The van der Waals surface area contributed by atoms with Crippen molar-refractivity contribution in [3.05, 3.63) is 0 Å². The molecule has 11 aliphatic rings. The summed E-state index contributed by atoms with van der Waals surface area (Å²) in [5.74, 6) is 13.7. The van der Waals surface area contributed by atoms with Gasteiger partial charge in [-0.25, -0.2) is 0 Å². The molecule has 0 bridgehead atoms. The fourth-order valence-electron chi connectivity index (χ4n) is 8.90. The van der Waals surface area contributed by atoms with E-state index in [0.717, 1.165) is 93.2 Å². The van der Waals surface area contributed by atoms with Crippen LogP contribution in [0.5, 0.6) is 0 Å². The van der Waals surface area contributed by atoms with Crippen molar-refractivity contribution in [1.82, 2.24) is 0 Å². The van der Waals surface area contributed by atoms with Crippen LogP contribution in [0.25, 0.3) is 0 Å². The fraction of sp³-hybridized carbons (Fsp3) is 1.00. The van der Waals surface area contributed by atoms with Gasteiger partial charge in [0.2, 0.25) is 0 Å². The second-order valence-corrected chi connectivity index (χ2v) is 26.9. The molecule has 5 unspecified atom stereocenters. The number of rotatable bonds is 4. The highest BCUT2D eigenvalue weighted by atomic mass is 14.6. The van der Waals surface area contributed by atoms with Crippen LogP contribution in [0.4, 0.5) is 0 Å². The van der Waals surface area contributed by atoms with Crippen LogP contribution in [0.2, 0.25) is 0 Å².